The lowest BCUT2D eigenvalue weighted by molar-refractivity contribution is -0.141. The fourth-order valence-corrected chi connectivity index (χ4v) is 5.68. The van der Waals surface area contributed by atoms with Gasteiger partial charge in [-0.05, 0) is 67.5 Å². The molecule has 184 valence electrons. The van der Waals surface area contributed by atoms with E-state index in [-0.39, 0.29) is 23.7 Å². The van der Waals surface area contributed by atoms with Gasteiger partial charge in [0.05, 0.1) is 0 Å². The van der Waals surface area contributed by atoms with Gasteiger partial charge in [-0.25, -0.2) is 9.07 Å². The third-order valence-corrected chi connectivity index (χ3v) is 7.31. The van der Waals surface area contributed by atoms with Crippen LogP contribution in [-0.4, -0.2) is 45.4 Å². The predicted molar refractivity (Wildman–Crippen MR) is 123 cm³/mol. The second-order valence-corrected chi connectivity index (χ2v) is 9.51. The predicted octanol–water partition coefficient (Wildman–Crippen LogP) is 4.70. The molecule has 6 rings (SSSR count). The highest BCUT2D eigenvalue weighted by molar-refractivity contribution is 5.59. The van der Waals surface area contributed by atoms with Crippen molar-refractivity contribution in [2.75, 3.05) is 34.8 Å². The van der Waals surface area contributed by atoms with Crippen molar-refractivity contribution in [2.45, 2.75) is 38.0 Å². The van der Waals surface area contributed by atoms with E-state index in [9.17, 15) is 17.6 Å². The lowest BCUT2D eigenvalue weighted by atomic mass is 9.92. The molecule has 1 unspecified atom stereocenters. The lowest BCUT2D eigenvalue weighted by Gasteiger charge is -2.39. The first kappa shape index (κ1) is 22.1. The Kier molecular flexibility index (Phi) is 5.30. The van der Waals surface area contributed by atoms with E-state index in [1.807, 2.05) is 14.5 Å². The first-order chi connectivity index (χ1) is 16.8. The van der Waals surface area contributed by atoms with Crippen molar-refractivity contribution in [1.29, 1.82) is 0 Å². The highest BCUT2D eigenvalue weighted by atomic mass is 19.4. The summed E-state index contributed by atoms with van der Waals surface area (Å²) in [5.74, 6) is 1.58. The number of rotatable bonds is 4. The highest BCUT2D eigenvalue weighted by Crippen LogP contribution is 2.41. The minimum Gasteiger partial charge on any atom is -0.371 e. The van der Waals surface area contributed by atoms with Crippen LogP contribution in [0.3, 0.4) is 0 Å². The number of hydrogen-bond donors (Lipinski definition) is 1. The largest absolute Gasteiger partial charge is 0.433 e. The zero-order chi connectivity index (χ0) is 24.2. The van der Waals surface area contributed by atoms with Crippen LogP contribution >= 0.6 is 0 Å². The average molecular weight is 488 g/mol. The summed E-state index contributed by atoms with van der Waals surface area (Å²) in [6.07, 6.45) is -0.307. The molecule has 7 nitrogen and oxygen atoms in total. The molecular weight excluding hydrogens is 462 g/mol. The average Bonchev–Trinajstić information content (AvgIpc) is 3.35. The van der Waals surface area contributed by atoms with E-state index in [2.05, 4.69) is 15.4 Å². The number of anilines is 4. The second kappa shape index (κ2) is 8.39. The van der Waals surface area contributed by atoms with Gasteiger partial charge in [-0.2, -0.15) is 18.2 Å². The van der Waals surface area contributed by atoms with Crippen LogP contribution in [-0.2, 0) is 12.7 Å². The third-order valence-electron chi connectivity index (χ3n) is 7.31. The van der Waals surface area contributed by atoms with E-state index in [0.29, 0.717) is 24.7 Å². The normalized spacial score (nSPS) is 23.9. The number of hydrogen-bond acceptors (Lipinski definition) is 6. The molecule has 4 heterocycles. The number of nitrogens with zero attached hydrogens (tertiary/aromatic N) is 6. The van der Waals surface area contributed by atoms with Gasteiger partial charge in [0.1, 0.15) is 11.5 Å². The van der Waals surface area contributed by atoms with Gasteiger partial charge in [-0.15, -0.1) is 5.10 Å². The van der Waals surface area contributed by atoms with Gasteiger partial charge in [0.2, 0.25) is 11.9 Å². The Labute approximate surface area is 199 Å². The van der Waals surface area contributed by atoms with Crippen LogP contribution < -0.4 is 15.1 Å². The van der Waals surface area contributed by atoms with Crippen molar-refractivity contribution < 1.29 is 17.6 Å². The molecule has 1 aromatic carbocycles. The van der Waals surface area contributed by atoms with Crippen molar-refractivity contribution in [3.05, 3.63) is 54.1 Å². The fourth-order valence-electron chi connectivity index (χ4n) is 5.68. The van der Waals surface area contributed by atoms with E-state index < -0.39 is 11.9 Å². The van der Waals surface area contributed by atoms with E-state index in [4.69, 9.17) is 4.98 Å². The molecule has 2 bridgehead atoms. The Bertz CT molecular complexity index is 1200. The minimum atomic E-state index is -4.46. The quantitative estimate of drug-likeness (QED) is 0.539. The molecule has 1 saturated carbocycles. The molecule has 3 atom stereocenters. The van der Waals surface area contributed by atoms with Crippen LogP contribution in [0.4, 0.5) is 40.8 Å². The first-order valence-corrected chi connectivity index (χ1v) is 11.9. The lowest BCUT2D eigenvalue weighted by Crippen LogP contribution is -2.48. The summed E-state index contributed by atoms with van der Waals surface area (Å²) in [6, 6.07) is 9.32. The van der Waals surface area contributed by atoms with Crippen LogP contribution in [0.2, 0.25) is 0 Å². The number of aryl methyl sites for hydroxylation is 1. The van der Waals surface area contributed by atoms with Crippen LogP contribution in [0.1, 0.15) is 25.0 Å². The van der Waals surface area contributed by atoms with Crippen molar-refractivity contribution in [3.8, 4) is 0 Å². The Morgan fingerprint density at radius 1 is 0.943 bits per heavy atom. The third kappa shape index (κ3) is 4.17. The number of piperidine rings is 1. The summed E-state index contributed by atoms with van der Waals surface area (Å²) in [6.45, 7) is 2.88. The van der Waals surface area contributed by atoms with E-state index >= 15 is 0 Å². The summed E-state index contributed by atoms with van der Waals surface area (Å²) in [4.78, 5) is 12.3. The molecular formula is C24H25F4N7. The number of benzene rings is 1. The monoisotopic (exact) mass is 487 g/mol. The van der Waals surface area contributed by atoms with Gasteiger partial charge < -0.3 is 15.1 Å². The molecule has 1 N–H and O–H groups in total. The van der Waals surface area contributed by atoms with Crippen molar-refractivity contribution in [2.24, 2.45) is 11.8 Å². The smallest absolute Gasteiger partial charge is 0.371 e. The summed E-state index contributed by atoms with van der Waals surface area (Å²) < 4.78 is 54.6. The number of pyridine rings is 1. The van der Waals surface area contributed by atoms with Gasteiger partial charge in [-0.3, -0.25) is 4.98 Å². The molecule has 1 saturated heterocycles. The van der Waals surface area contributed by atoms with Crippen molar-refractivity contribution >= 4 is 23.3 Å². The minimum absolute atomic E-state index is 0.166. The Morgan fingerprint density at radius 2 is 1.69 bits per heavy atom. The molecule has 0 radical (unpaired) electrons. The van der Waals surface area contributed by atoms with Gasteiger partial charge in [0.25, 0.3) is 0 Å². The summed E-state index contributed by atoms with van der Waals surface area (Å²) in [7, 11) is 0. The molecule has 0 amide bonds. The van der Waals surface area contributed by atoms with E-state index in [1.54, 1.807) is 18.2 Å². The Hall–Kier alpha value is -3.37. The molecule has 2 aromatic heterocycles. The molecule has 3 aliphatic rings. The van der Waals surface area contributed by atoms with Gasteiger partial charge in [-0.1, -0.05) is 0 Å². The topological polar surface area (TPSA) is 62.1 Å². The standard InChI is InChI=1S/C24H25F4N7/c25-17-4-6-18(7-5-17)34-10-1-11-35-23(34)31-22(32-35)30-21-15-2-3-16(21)14-33(13-15)19-8-9-29-20(12-19)24(26,27)28/h4-9,12,15-16,21H,1-3,10-11,13-14H2,(H,30,32)/t15-,16+,21?. The van der Waals surface area contributed by atoms with Crippen LogP contribution in [0.15, 0.2) is 42.6 Å². The molecule has 11 heteroatoms. The van der Waals surface area contributed by atoms with Crippen LogP contribution in [0.5, 0.6) is 0 Å². The fraction of sp³-hybridized carbons (Fsp3) is 0.458. The molecule has 2 fully saturated rings. The summed E-state index contributed by atoms with van der Waals surface area (Å²) in [5.41, 5.74) is 0.574. The molecule has 0 spiro atoms. The number of aromatic nitrogens is 4. The Morgan fingerprint density at radius 3 is 2.40 bits per heavy atom. The zero-order valence-corrected chi connectivity index (χ0v) is 18.9. The van der Waals surface area contributed by atoms with E-state index in [1.165, 1.54) is 18.3 Å². The molecule has 3 aromatic rings. The number of nitrogens with one attached hydrogen (secondary N) is 1. The number of alkyl halides is 3. The zero-order valence-electron chi connectivity index (χ0n) is 18.9. The molecule has 2 aliphatic heterocycles. The van der Waals surface area contributed by atoms with Crippen molar-refractivity contribution in [1.82, 2.24) is 19.7 Å². The molecule has 35 heavy (non-hydrogen) atoms. The second-order valence-electron chi connectivity index (χ2n) is 9.51. The van der Waals surface area contributed by atoms with Crippen LogP contribution in [0, 0.1) is 17.7 Å². The highest BCUT2D eigenvalue weighted by Gasteiger charge is 2.43. The maximum Gasteiger partial charge on any atom is 0.433 e. The maximum absolute atomic E-state index is 13.4. The van der Waals surface area contributed by atoms with Gasteiger partial charge in [0, 0.05) is 49.8 Å². The van der Waals surface area contributed by atoms with E-state index in [0.717, 1.165) is 50.1 Å². The van der Waals surface area contributed by atoms with Gasteiger partial charge >= 0.3 is 6.18 Å². The van der Waals surface area contributed by atoms with Crippen molar-refractivity contribution in [3.63, 3.8) is 0 Å². The number of fused-ring (bicyclic) bond motifs is 3. The summed E-state index contributed by atoms with van der Waals surface area (Å²) in [5, 5.41) is 8.22. The summed E-state index contributed by atoms with van der Waals surface area (Å²) >= 11 is 0. The molecule has 1 aliphatic carbocycles. The maximum atomic E-state index is 13.4. The van der Waals surface area contributed by atoms with Crippen LogP contribution in [0.25, 0.3) is 0 Å². The Balaban J connectivity index is 1.18. The number of halogens is 4. The first-order valence-electron chi connectivity index (χ1n) is 11.9. The van der Waals surface area contributed by atoms with Gasteiger partial charge in [0.15, 0.2) is 0 Å². The SMILES string of the molecule is Fc1ccc(N2CCCn3nc(NC4[C@@H]5CC[C@H]4CN(c4ccnc(C(F)(F)F)c4)C5)nc32)cc1.